The van der Waals surface area contributed by atoms with E-state index in [2.05, 4.69) is 28.6 Å². The fourth-order valence-electron chi connectivity index (χ4n) is 4.24. The minimum atomic E-state index is -0.485. The Balaban J connectivity index is 1.44. The van der Waals surface area contributed by atoms with Crippen LogP contribution in [0.2, 0.25) is 0 Å². The average Bonchev–Trinajstić information content (AvgIpc) is 3.35. The molecule has 1 amide bonds. The van der Waals surface area contributed by atoms with E-state index in [9.17, 15) is 14.4 Å². The molecule has 1 N–H and O–H groups in total. The summed E-state index contributed by atoms with van der Waals surface area (Å²) in [5.41, 5.74) is -0.00972. The molecule has 1 unspecified atom stereocenters. The second-order valence-electron chi connectivity index (χ2n) is 8.69. The van der Waals surface area contributed by atoms with Crippen LogP contribution in [0.3, 0.4) is 0 Å². The summed E-state index contributed by atoms with van der Waals surface area (Å²) in [6.07, 6.45) is 3.78. The van der Waals surface area contributed by atoms with Gasteiger partial charge in [0.25, 0.3) is 5.56 Å². The molecule has 3 aromatic rings. The van der Waals surface area contributed by atoms with Crippen molar-refractivity contribution in [2.45, 2.75) is 38.9 Å². The molecule has 1 aliphatic rings. The third kappa shape index (κ3) is 5.89. The number of carbonyl (C=O) groups is 1. The van der Waals surface area contributed by atoms with Crippen LogP contribution in [0.1, 0.15) is 36.2 Å². The highest BCUT2D eigenvalue weighted by molar-refractivity contribution is 7.10. The maximum Gasteiger partial charge on any atom is 0.331 e. The number of aromatic nitrogens is 2. The van der Waals surface area contributed by atoms with E-state index in [4.69, 9.17) is 0 Å². The number of thiophene rings is 1. The van der Waals surface area contributed by atoms with Gasteiger partial charge in [0.15, 0.2) is 0 Å². The van der Waals surface area contributed by atoms with Gasteiger partial charge in [0.1, 0.15) is 6.54 Å². The maximum atomic E-state index is 12.9. The van der Waals surface area contributed by atoms with Gasteiger partial charge in [-0.1, -0.05) is 43.3 Å². The summed E-state index contributed by atoms with van der Waals surface area (Å²) in [6, 6.07) is 15.1. The van der Waals surface area contributed by atoms with Crippen LogP contribution < -0.4 is 16.6 Å². The molecule has 33 heavy (non-hydrogen) atoms. The lowest BCUT2D eigenvalue weighted by Crippen LogP contribution is -2.45. The molecule has 174 valence electrons. The number of amides is 1. The SMILES string of the molecule is CC1CCN(C(CNC(=O)Cn2c(=O)ccn(Cc3ccccc3)c2=O)c2cccs2)CC1. The van der Waals surface area contributed by atoms with Crippen molar-refractivity contribution < 1.29 is 4.79 Å². The third-order valence-electron chi connectivity index (χ3n) is 6.26. The van der Waals surface area contributed by atoms with Gasteiger partial charge in [-0.2, -0.15) is 0 Å². The Morgan fingerprint density at radius 2 is 1.85 bits per heavy atom. The lowest BCUT2D eigenvalue weighted by Gasteiger charge is -2.36. The Labute approximate surface area is 197 Å². The minimum absolute atomic E-state index is 0.101. The highest BCUT2D eigenvalue weighted by Crippen LogP contribution is 2.29. The Morgan fingerprint density at radius 1 is 1.09 bits per heavy atom. The zero-order chi connectivity index (χ0) is 23.2. The van der Waals surface area contributed by atoms with Crippen LogP contribution in [0.25, 0.3) is 0 Å². The van der Waals surface area contributed by atoms with E-state index < -0.39 is 11.2 Å². The lowest BCUT2D eigenvalue weighted by molar-refractivity contribution is -0.122. The van der Waals surface area contributed by atoms with E-state index in [1.54, 1.807) is 11.3 Å². The second kappa shape index (κ2) is 10.8. The number of rotatable bonds is 8. The number of nitrogens with zero attached hydrogens (tertiary/aromatic N) is 3. The van der Waals surface area contributed by atoms with Crippen molar-refractivity contribution in [3.63, 3.8) is 0 Å². The second-order valence-corrected chi connectivity index (χ2v) is 9.67. The van der Waals surface area contributed by atoms with Crippen molar-refractivity contribution in [3.05, 3.63) is 91.4 Å². The zero-order valence-electron chi connectivity index (χ0n) is 18.9. The van der Waals surface area contributed by atoms with Gasteiger partial charge in [-0.25, -0.2) is 4.79 Å². The Hall–Kier alpha value is -2.97. The predicted octanol–water partition coefficient (Wildman–Crippen LogP) is 2.71. The van der Waals surface area contributed by atoms with Gasteiger partial charge in [0, 0.05) is 23.7 Å². The zero-order valence-corrected chi connectivity index (χ0v) is 19.7. The third-order valence-corrected chi connectivity index (χ3v) is 7.23. The van der Waals surface area contributed by atoms with Gasteiger partial charge in [0.05, 0.1) is 12.6 Å². The number of benzene rings is 1. The average molecular weight is 467 g/mol. The summed E-state index contributed by atoms with van der Waals surface area (Å²) in [5.74, 6) is 0.390. The Bertz CT molecular complexity index is 1160. The fraction of sp³-hybridized carbons (Fsp3) is 0.400. The van der Waals surface area contributed by atoms with E-state index in [0.29, 0.717) is 13.1 Å². The minimum Gasteiger partial charge on any atom is -0.353 e. The van der Waals surface area contributed by atoms with Crippen molar-refractivity contribution in [1.82, 2.24) is 19.4 Å². The van der Waals surface area contributed by atoms with Crippen LogP contribution in [0.15, 0.2) is 69.7 Å². The first kappa shape index (κ1) is 23.2. The summed E-state index contributed by atoms with van der Waals surface area (Å²) in [6.45, 7) is 4.79. The normalized spacial score (nSPS) is 15.9. The highest BCUT2D eigenvalue weighted by Gasteiger charge is 2.26. The molecule has 1 aromatic carbocycles. The van der Waals surface area contributed by atoms with Crippen LogP contribution in [-0.2, 0) is 17.9 Å². The molecular formula is C25H30N4O3S. The number of likely N-dealkylation sites (tertiary alicyclic amines) is 1. The molecule has 4 rings (SSSR count). The maximum absolute atomic E-state index is 12.9. The molecule has 1 fully saturated rings. The summed E-state index contributed by atoms with van der Waals surface area (Å²) in [5, 5.41) is 5.02. The lowest BCUT2D eigenvalue weighted by atomic mass is 9.97. The number of carbonyl (C=O) groups excluding carboxylic acids is 1. The molecule has 1 aliphatic heterocycles. The molecule has 0 radical (unpaired) electrons. The van der Waals surface area contributed by atoms with Crippen molar-refractivity contribution in [1.29, 1.82) is 0 Å². The molecule has 7 nitrogen and oxygen atoms in total. The van der Waals surface area contributed by atoms with Gasteiger partial charge in [-0.3, -0.25) is 23.6 Å². The van der Waals surface area contributed by atoms with Gasteiger partial charge in [0.2, 0.25) is 5.91 Å². The molecule has 0 spiro atoms. The van der Waals surface area contributed by atoms with E-state index in [-0.39, 0.29) is 18.5 Å². The molecule has 0 saturated carbocycles. The van der Waals surface area contributed by atoms with Gasteiger partial charge >= 0.3 is 5.69 Å². The number of piperidine rings is 1. The molecule has 0 bridgehead atoms. The van der Waals surface area contributed by atoms with Crippen LogP contribution >= 0.6 is 11.3 Å². The first-order valence-corrected chi connectivity index (χ1v) is 12.3. The smallest absolute Gasteiger partial charge is 0.331 e. The van der Waals surface area contributed by atoms with Crippen LogP contribution in [-0.4, -0.2) is 39.6 Å². The largest absolute Gasteiger partial charge is 0.353 e. The van der Waals surface area contributed by atoms with Crippen LogP contribution in [0, 0.1) is 5.92 Å². The fourth-order valence-corrected chi connectivity index (χ4v) is 5.10. The molecule has 0 aliphatic carbocycles. The number of hydrogen-bond donors (Lipinski definition) is 1. The van der Waals surface area contributed by atoms with E-state index in [1.165, 1.54) is 21.7 Å². The molecule has 1 saturated heterocycles. The number of hydrogen-bond acceptors (Lipinski definition) is 5. The Kier molecular flexibility index (Phi) is 7.57. The first-order valence-electron chi connectivity index (χ1n) is 11.4. The number of nitrogens with one attached hydrogen (secondary N) is 1. The predicted molar refractivity (Wildman–Crippen MR) is 131 cm³/mol. The van der Waals surface area contributed by atoms with Gasteiger partial charge in [-0.15, -0.1) is 11.3 Å². The summed E-state index contributed by atoms with van der Waals surface area (Å²) >= 11 is 1.69. The first-order chi connectivity index (χ1) is 16.0. The van der Waals surface area contributed by atoms with Gasteiger partial charge < -0.3 is 5.32 Å². The topological polar surface area (TPSA) is 76.3 Å². The molecule has 1 atom stereocenters. The van der Waals surface area contributed by atoms with E-state index in [1.807, 2.05) is 36.4 Å². The van der Waals surface area contributed by atoms with E-state index in [0.717, 1.165) is 42.0 Å². The van der Waals surface area contributed by atoms with Crippen molar-refractivity contribution in [2.75, 3.05) is 19.6 Å². The van der Waals surface area contributed by atoms with Crippen molar-refractivity contribution in [3.8, 4) is 0 Å². The van der Waals surface area contributed by atoms with Crippen molar-refractivity contribution >= 4 is 17.2 Å². The van der Waals surface area contributed by atoms with Crippen LogP contribution in [0.5, 0.6) is 0 Å². The summed E-state index contributed by atoms with van der Waals surface area (Å²) < 4.78 is 2.45. The van der Waals surface area contributed by atoms with Crippen molar-refractivity contribution in [2.24, 2.45) is 5.92 Å². The van der Waals surface area contributed by atoms with Gasteiger partial charge in [-0.05, 0) is 48.9 Å². The van der Waals surface area contributed by atoms with Crippen LogP contribution in [0.4, 0.5) is 0 Å². The highest BCUT2D eigenvalue weighted by atomic mass is 32.1. The van der Waals surface area contributed by atoms with E-state index >= 15 is 0 Å². The molecular weight excluding hydrogens is 436 g/mol. The standard InChI is InChI=1S/C25H30N4O3S/c1-19-9-12-27(13-10-19)21(22-8-5-15-33-22)16-26-23(30)18-29-24(31)11-14-28(25(29)32)17-20-6-3-2-4-7-20/h2-8,11,14-15,19,21H,9-10,12-13,16-18H2,1H3,(H,26,30). The summed E-state index contributed by atoms with van der Waals surface area (Å²) in [7, 11) is 0. The molecule has 3 heterocycles. The summed E-state index contributed by atoms with van der Waals surface area (Å²) in [4.78, 5) is 41.6. The molecule has 2 aromatic heterocycles. The monoisotopic (exact) mass is 466 g/mol. The molecule has 8 heteroatoms. The Morgan fingerprint density at radius 3 is 2.55 bits per heavy atom. The quantitative estimate of drug-likeness (QED) is 0.554.